The number of carbonyl (C=O) groups is 1. The van der Waals surface area contributed by atoms with E-state index in [1.807, 2.05) is 24.4 Å². The zero-order chi connectivity index (χ0) is 26.2. The summed E-state index contributed by atoms with van der Waals surface area (Å²) in [6.45, 7) is 6.27. The highest BCUT2D eigenvalue weighted by molar-refractivity contribution is 7.22. The summed E-state index contributed by atoms with van der Waals surface area (Å²) in [6, 6.07) is 19.2. The Morgan fingerprint density at radius 1 is 1.13 bits per heavy atom. The van der Waals surface area contributed by atoms with E-state index in [0.717, 1.165) is 67.0 Å². The van der Waals surface area contributed by atoms with Crippen molar-refractivity contribution in [1.82, 2.24) is 9.97 Å². The predicted octanol–water partition coefficient (Wildman–Crippen LogP) is 9.08. The molecule has 1 fully saturated rings. The summed E-state index contributed by atoms with van der Waals surface area (Å²) in [6.07, 6.45) is 6.40. The van der Waals surface area contributed by atoms with Crippen LogP contribution in [-0.2, 0) is 0 Å². The Balaban J connectivity index is 1.17. The fraction of sp³-hybridized carbons (Fsp3) is 0.250. The molecule has 5 aromatic rings. The molecule has 2 N–H and O–H groups in total. The minimum Gasteiger partial charge on any atom is -0.360 e. The Hall–Kier alpha value is -3.77. The smallest absolute Gasteiger partial charge is 0.188 e. The molecule has 1 atom stereocenters. The predicted molar refractivity (Wildman–Crippen MR) is 155 cm³/mol. The second-order valence-corrected chi connectivity index (χ2v) is 11.4. The van der Waals surface area contributed by atoms with Gasteiger partial charge >= 0.3 is 0 Å². The summed E-state index contributed by atoms with van der Waals surface area (Å²) >= 11 is 1.64. The number of aromatic amines is 1. The van der Waals surface area contributed by atoms with Crippen LogP contribution >= 0.6 is 11.3 Å². The molecule has 0 spiro atoms. The van der Waals surface area contributed by atoms with E-state index in [2.05, 4.69) is 54.1 Å². The highest BCUT2D eigenvalue weighted by atomic mass is 32.1. The summed E-state index contributed by atoms with van der Waals surface area (Å²) in [5.74, 6) is 0.783. The number of halogens is 1. The first-order valence-electron chi connectivity index (χ1n) is 13.2. The SMILES string of the molecule is C=C(Nc1nc2ccc(-c3ccc4[nH]cc(C(=O)CCC[C@H](C)c5ccc(F)cc5)c4c3)cc2s1)C1CC1. The van der Waals surface area contributed by atoms with Crippen LogP contribution in [0.1, 0.15) is 60.9 Å². The molecular weight excluding hydrogens is 493 g/mol. The quantitative estimate of drug-likeness (QED) is 0.180. The molecule has 0 unspecified atom stereocenters. The fourth-order valence-electron chi connectivity index (χ4n) is 5.02. The van der Waals surface area contributed by atoms with Crippen molar-refractivity contribution in [3.8, 4) is 11.1 Å². The van der Waals surface area contributed by atoms with E-state index in [1.54, 1.807) is 11.3 Å². The Morgan fingerprint density at radius 3 is 2.68 bits per heavy atom. The lowest BCUT2D eigenvalue weighted by molar-refractivity contribution is 0.0980. The molecule has 1 saturated carbocycles. The molecule has 3 aromatic carbocycles. The van der Waals surface area contributed by atoms with Gasteiger partial charge in [-0.2, -0.15) is 0 Å². The summed E-state index contributed by atoms with van der Waals surface area (Å²) in [7, 11) is 0. The number of hydrogen-bond donors (Lipinski definition) is 2. The molecule has 1 aliphatic carbocycles. The van der Waals surface area contributed by atoms with E-state index in [9.17, 15) is 9.18 Å². The zero-order valence-corrected chi connectivity index (χ0v) is 22.2. The van der Waals surface area contributed by atoms with Crippen molar-refractivity contribution in [2.75, 3.05) is 5.32 Å². The number of allylic oxidation sites excluding steroid dienone is 1. The van der Waals surface area contributed by atoms with Crippen LogP contribution in [0.15, 0.2) is 79.1 Å². The number of nitrogens with one attached hydrogen (secondary N) is 2. The van der Waals surface area contributed by atoms with Crippen molar-refractivity contribution in [1.29, 1.82) is 0 Å². The van der Waals surface area contributed by atoms with Gasteiger partial charge in [-0.15, -0.1) is 0 Å². The average Bonchev–Trinajstić information content (AvgIpc) is 3.57. The highest BCUT2D eigenvalue weighted by Crippen LogP contribution is 2.38. The van der Waals surface area contributed by atoms with Crippen molar-refractivity contribution in [3.05, 3.63) is 96.1 Å². The van der Waals surface area contributed by atoms with E-state index >= 15 is 0 Å². The Labute approximate surface area is 225 Å². The summed E-state index contributed by atoms with van der Waals surface area (Å²) in [5.41, 5.74) is 7.00. The van der Waals surface area contributed by atoms with Gasteiger partial charge in [-0.25, -0.2) is 9.37 Å². The topological polar surface area (TPSA) is 57.8 Å². The fourth-order valence-corrected chi connectivity index (χ4v) is 5.96. The van der Waals surface area contributed by atoms with Crippen LogP contribution in [0.3, 0.4) is 0 Å². The number of fused-ring (bicyclic) bond motifs is 2. The van der Waals surface area contributed by atoms with Crippen molar-refractivity contribution in [2.45, 2.75) is 44.9 Å². The molecule has 6 rings (SSSR count). The first-order valence-corrected chi connectivity index (χ1v) is 14.0. The molecule has 0 aliphatic heterocycles. The number of thiazole rings is 1. The van der Waals surface area contributed by atoms with Crippen LogP contribution in [0.2, 0.25) is 0 Å². The number of carbonyl (C=O) groups excluding carboxylic acids is 1. The molecule has 4 nitrogen and oxygen atoms in total. The Kier molecular flexibility index (Phi) is 6.58. The third-order valence-corrected chi connectivity index (χ3v) is 8.46. The zero-order valence-electron chi connectivity index (χ0n) is 21.4. The number of Topliss-reactive ketones (excluding diaryl/α,β-unsaturated/α-hetero) is 1. The number of aromatic nitrogens is 2. The van der Waals surface area contributed by atoms with Crippen LogP contribution in [0.4, 0.5) is 9.52 Å². The molecule has 0 saturated heterocycles. The second-order valence-electron chi connectivity index (χ2n) is 10.4. The van der Waals surface area contributed by atoms with Gasteiger partial charge in [0, 0.05) is 34.8 Å². The third-order valence-electron chi connectivity index (χ3n) is 7.52. The maximum Gasteiger partial charge on any atom is 0.188 e. The van der Waals surface area contributed by atoms with E-state index in [0.29, 0.717) is 12.3 Å². The monoisotopic (exact) mass is 523 g/mol. The van der Waals surface area contributed by atoms with E-state index < -0.39 is 0 Å². The van der Waals surface area contributed by atoms with Gasteiger partial charge in [-0.05, 0) is 90.6 Å². The molecule has 2 heterocycles. The third kappa shape index (κ3) is 5.14. The number of benzene rings is 3. The van der Waals surface area contributed by atoms with Gasteiger partial charge in [0.15, 0.2) is 10.9 Å². The number of ketones is 1. The lowest BCUT2D eigenvalue weighted by atomic mass is 9.94. The summed E-state index contributed by atoms with van der Waals surface area (Å²) in [4.78, 5) is 21.1. The largest absolute Gasteiger partial charge is 0.360 e. The summed E-state index contributed by atoms with van der Waals surface area (Å²) < 4.78 is 14.3. The lowest BCUT2D eigenvalue weighted by Crippen LogP contribution is -2.00. The van der Waals surface area contributed by atoms with Gasteiger partial charge in [0.1, 0.15) is 5.82 Å². The minimum atomic E-state index is -0.223. The molecule has 1 aliphatic rings. The highest BCUT2D eigenvalue weighted by Gasteiger charge is 2.25. The Bertz CT molecular complexity index is 1640. The van der Waals surface area contributed by atoms with Crippen LogP contribution in [0, 0.1) is 11.7 Å². The lowest BCUT2D eigenvalue weighted by Gasteiger charge is -2.11. The van der Waals surface area contributed by atoms with Crippen molar-refractivity contribution in [3.63, 3.8) is 0 Å². The molecule has 38 heavy (non-hydrogen) atoms. The van der Waals surface area contributed by atoms with Crippen LogP contribution in [0.25, 0.3) is 32.2 Å². The van der Waals surface area contributed by atoms with E-state index in [1.165, 1.54) is 25.0 Å². The molecule has 0 radical (unpaired) electrons. The first kappa shape index (κ1) is 24.6. The normalized spacial score (nSPS) is 14.2. The number of H-pyrrole nitrogens is 1. The van der Waals surface area contributed by atoms with Gasteiger partial charge in [0.05, 0.1) is 10.2 Å². The number of nitrogens with zero attached hydrogens (tertiary/aromatic N) is 1. The van der Waals surface area contributed by atoms with Gasteiger partial charge in [-0.1, -0.05) is 49.1 Å². The van der Waals surface area contributed by atoms with Gasteiger partial charge in [0.25, 0.3) is 0 Å². The first-order chi connectivity index (χ1) is 18.4. The number of rotatable bonds is 10. The minimum absolute atomic E-state index is 0.143. The number of hydrogen-bond acceptors (Lipinski definition) is 4. The summed E-state index contributed by atoms with van der Waals surface area (Å²) in [5, 5.41) is 5.22. The maximum absolute atomic E-state index is 13.2. The van der Waals surface area contributed by atoms with Crippen molar-refractivity contribution < 1.29 is 9.18 Å². The van der Waals surface area contributed by atoms with E-state index in [4.69, 9.17) is 4.98 Å². The second kappa shape index (κ2) is 10.2. The molecule has 6 heteroatoms. The Morgan fingerprint density at radius 2 is 1.89 bits per heavy atom. The molecule has 0 amide bonds. The molecule has 2 aromatic heterocycles. The maximum atomic E-state index is 13.2. The molecule has 0 bridgehead atoms. The van der Waals surface area contributed by atoms with Crippen LogP contribution in [-0.4, -0.2) is 15.8 Å². The number of anilines is 1. The van der Waals surface area contributed by atoms with Gasteiger partial charge in [0.2, 0.25) is 0 Å². The van der Waals surface area contributed by atoms with Crippen molar-refractivity contribution in [2.24, 2.45) is 5.92 Å². The average molecular weight is 524 g/mol. The standard InChI is InChI=1S/C32H30FN3OS/c1-19(21-8-12-25(33)13-9-21)4-3-5-30(37)27-18-34-28-14-10-23(16-26(27)28)24-11-15-29-31(17-24)38-32(36-29)35-20(2)22-6-7-22/h8-19,22,34H,2-7H2,1H3,(H,35,36)/t19-/m0/s1. The van der Waals surface area contributed by atoms with Gasteiger partial charge < -0.3 is 10.3 Å². The van der Waals surface area contributed by atoms with Gasteiger partial charge in [-0.3, -0.25) is 4.79 Å². The van der Waals surface area contributed by atoms with E-state index in [-0.39, 0.29) is 17.5 Å². The molecular formula is C32H30FN3OS. The van der Waals surface area contributed by atoms with Crippen molar-refractivity contribution >= 4 is 43.4 Å². The molecule has 192 valence electrons. The van der Waals surface area contributed by atoms with Crippen LogP contribution in [0.5, 0.6) is 0 Å². The van der Waals surface area contributed by atoms with Crippen LogP contribution < -0.4 is 5.32 Å².